The maximum absolute atomic E-state index is 11.5. The predicted molar refractivity (Wildman–Crippen MR) is 75.4 cm³/mol. The van der Waals surface area contributed by atoms with Crippen molar-refractivity contribution in [1.82, 2.24) is 10.6 Å². The monoisotopic (exact) mass is 314 g/mol. The number of amides is 1. The van der Waals surface area contributed by atoms with Crippen LogP contribution in [0.5, 0.6) is 0 Å². The van der Waals surface area contributed by atoms with Crippen molar-refractivity contribution < 1.29 is 9.53 Å². The number of hydrogen-bond donors (Lipinski definition) is 2. The Morgan fingerprint density at radius 3 is 2.94 bits per heavy atom. The highest BCUT2D eigenvalue weighted by Crippen LogP contribution is 2.17. The summed E-state index contributed by atoms with van der Waals surface area (Å²) in [5.41, 5.74) is 1.15. The molecule has 0 saturated carbocycles. The Balaban J connectivity index is 2.32. The van der Waals surface area contributed by atoms with Crippen LogP contribution in [0.4, 0.5) is 0 Å². The van der Waals surface area contributed by atoms with E-state index >= 15 is 0 Å². The number of rotatable bonds is 7. The molecule has 0 aliphatic heterocycles. The van der Waals surface area contributed by atoms with Gasteiger partial charge in [0.2, 0.25) is 5.91 Å². The minimum atomic E-state index is -0.0195. The molecule has 1 aromatic rings. The molecule has 0 saturated heterocycles. The Kier molecular flexibility index (Phi) is 6.93. The van der Waals surface area contributed by atoms with Crippen LogP contribution in [0.15, 0.2) is 28.7 Å². The van der Waals surface area contributed by atoms with E-state index in [1.165, 1.54) is 0 Å². The summed E-state index contributed by atoms with van der Waals surface area (Å²) in [5.74, 6) is -0.0195. The fourth-order valence-electron chi connectivity index (χ4n) is 1.49. The summed E-state index contributed by atoms with van der Waals surface area (Å²) < 4.78 is 5.90. The van der Waals surface area contributed by atoms with Gasteiger partial charge in [-0.1, -0.05) is 28.1 Å². The van der Waals surface area contributed by atoms with Crippen molar-refractivity contribution in [3.8, 4) is 0 Å². The van der Waals surface area contributed by atoms with Gasteiger partial charge >= 0.3 is 0 Å². The van der Waals surface area contributed by atoms with Crippen LogP contribution in [0, 0.1) is 0 Å². The highest BCUT2D eigenvalue weighted by Gasteiger charge is 2.07. The van der Waals surface area contributed by atoms with E-state index in [4.69, 9.17) is 4.74 Å². The molecule has 0 aliphatic rings. The third kappa shape index (κ3) is 5.62. The molecule has 0 fully saturated rings. The van der Waals surface area contributed by atoms with Crippen LogP contribution in [0.2, 0.25) is 0 Å². The Morgan fingerprint density at radius 1 is 1.50 bits per heavy atom. The first-order chi connectivity index (χ1) is 8.63. The van der Waals surface area contributed by atoms with Crippen LogP contribution < -0.4 is 10.6 Å². The fraction of sp³-hybridized carbons (Fsp3) is 0.462. The first-order valence-electron chi connectivity index (χ1n) is 5.88. The number of ether oxygens (including phenoxy) is 1. The number of nitrogens with one attached hydrogen (secondary N) is 2. The van der Waals surface area contributed by atoms with Gasteiger partial charge in [-0.15, -0.1) is 0 Å². The molecule has 5 heteroatoms. The van der Waals surface area contributed by atoms with Crippen molar-refractivity contribution in [3.05, 3.63) is 34.3 Å². The van der Waals surface area contributed by atoms with Gasteiger partial charge in [0.15, 0.2) is 0 Å². The summed E-state index contributed by atoms with van der Waals surface area (Å²) in [6.07, 6.45) is 0. The summed E-state index contributed by atoms with van der Waals surface area (Å²) >= 11 is 3.43. The van der Waals surface area contributed by atoms with E-state index in [0.29, 0.717) is 19.7 Å². The summed E-state index contributed by atoms with van der Waals surface area (Å²) in [5, 5.41) is 5.95. The molecule has 0 unspecified atom stereocenters. The molecule has 0 heterocycles. The summed E-state index contributed by atoms with van der Waals surface area (Å²) in [4.78, 5) is 11.5. The number of carbonyl (C=O) groups is 1. The zero-order valence-electron chi connectivity index (χ0n) is 10.7. The summed E-state index contributed by atoms with van der Waals surface area (Å²) in [6, 6.07) is 8.17. The van der Waals surface area contributed by atoms with Crippen LogP contribution in [0.3, 0.4) is 0 Å². The normalized spacial score (nSPS) is 12.2. The smallest absolute Gasteiger partial charge is 0.234 e. The second kappa shape index (κ2) is 8.24. The predicted octanol–water partition coefficient (Wildman–Crippen LogP) is 1.86. The number of hydrogen-bond acceptors (Lipinski definition) is 3. The SMILES string of the molecule is COCCNC(=O)CN[C@H](C)c1cccc(Br)c1. The van der Waals surface area contributed by atoms with Gasteiger partial charge in [-0.3, -0.25) is 4.79 Å². The molecule has 2 N–H and O–H groups in total. The van der Waals surface area contributed by atoms with Crippen molar-refractivity contribution >= 4 is 21.8 Å². The zero-order chi connectivity index (χ0) is 13.4. The number of benzene rings is 1. The zero-order valence-corrected chi connectivity index (χ0v) is 12.3. The van der Waals surface area contributed by atoms with Crippen LogP contribution in [-0.2, 0) is 9.53 Å². The quantitative estimate of drug-likeness (QED) is 0.755. The molecule has 1 aromatic carbocycles. The lowest BCUT2D eigenvalue weighted by Gasteiger charge is -2.14. The lowest BCUT2D eigenvalue weighted by atomic mass is 10.1. The first-order valence-corrected chi connectivity index (χ1v) is 6.67. The van der Waals surface area contributed by atoms with Crippen LogP contribution >= 0.6 is 15.9 Å². The van der Waals surface area contributed by atoms with Gasteiger partial charge in [-0.05, 0) is 24.6 Å². The highest BCUT2D eigenvalue weighted by molar-refractivity contribution is 9.10. The average Bonchev–Trinajstić information content (AvgIpc) is 2.36. The van der Waals surface area contributed by atoms with Crippen molar-refractivity contribution in [3.63, 3.8) is 0 Å². The average molecular weight is 315 g/mol. The van der Waals surface area contributed by atoms with Crippen LogP contribution in [0.25, 0.3) is 0 Å². The fourth-order valence-corrected chi connectivity index (χ4v) is 1.91. The number of carbonyl (C=O) groups excluding carboxylic acids is 1. The van der Waals surface area contributed by atoms with Gasteiger partial charge in [0.25, 0.3) is 0 Å². The van der Waals surface area contributed by atoms with Gasteiger partial charge < -0.3 is 15.4 Å². The van der Waals surface area contributed by atoms with Gasteiger partial charge in [-0.25, -0.2) is 0 Å². The molecule has 0 spiro atoms. The Labute approximate surface area is 116 Å². The Hall–Kier alpha value is -0.910. The highest BCUT2D eigenvalue weighted by atomic mass is 79.9. The van der Waals surface area contributed by atoms with E-state index < -0.39 is 0 Å². The van der Waals surface area contributed by atoms with E-state index in [-0.39, 0.29) is 11.9 Å². The van der Waals surface area contributed by atoms with Gasteiger partial charge in [0.1, 0.15) is 0 Å². The molecule has 0 radical (unpaired) electrons. The number of halogens is 1. The summed E-state index contributed by atoms with van der Waals surface area (Å²) in [6.45, 7) is 3.41. The minimum Gasteiger partial charge on any atom is -0.383 e. The van der Waals surface area contributed by atoms with Crippen molar-refractivity contribution in [2.24, 2.45) is 0 Å². The van der Waals surface area contributed by atoms with E-state index in [9.17, 15) is 4.79 Å². The second-order valence-electron chi connectivity index (χ2n) is 4.00. The molecule has 0 aliphatic carbocycles. The van der Waals surface area contributed by atoms with E-state index in [1.807, 2.05) is 31.2 Å². The lowest BCUT2D eigenvalue weighted by molar-refractivity contribution is -0.120. The maximum Gasteiger partial charge on any atom is 0.234 e. The lowest BCUT2D eigenvalue weighted by Crippen LogP contribution is -2.36. The van der Waals surface area contributed by atoms with Crippen LogP contribution in [0.1, 0.15) is 18.5 Å². The molecular weight excluding hydrogens is 296 g/mol. The molecule has 1 atom stereocenters. The van der Waals surface area contributed by atoms with E-state index in [1.54, 1.807) is 7.11 Å². The minimum absolute atomic E-state index is 0.0195. The molecule has 1 rings (SSSR count). The third-order valence-electron chi connectivity index (χ3n) is 2.55. The molecule has 1 amide bonds. The Bertz CT molecular complexity index is 385. The van der Waals surface area contributed by atoms with Gasteiger partial charge in [0.05, 0.1) is 13.2 Å². The second-order valence-corrected chi connectivity index (χ2v) is 4.92. The van der Waals surface area contributed by atoms with Crippen molar-refractivity contribution in [1.29, 1.82) is 0 Å². The van der Waals surface area contributed by atoms with Crippen molar-refractivity contribution in [2.75, 3.05) is 26.8 Å². The first kappa shape index (κ1) is 15.1. The molecule has 4 nitrogen and oxygen atoms in total. The topological polar surface area (TPSA) is 50.4 Å². The number of methoxy groups -OCH3 is 1. The summed E-state index contributed by atoms with van der Waals surface area (Å²) in [7, 11) is 1.61. The van der Waals surface area contributed by atoms with Gasteiger partial charge in [-0.2, -0.15) is 0 Å². The van der Waals surface area contributed by atoms with Crippen molar-refractivity contribution in [2.45, 2.75) is 13.0 Å². The van der Waals surface area contributed by atoms with Gasteiger partial charge in [0, 0.05) is 24.2 Å². The molecule has 100 valence electrons. The van der Waals surface area contributed by atoms with E-state index in [2.05, 4.69) is 26.6 Å². The molecule has 0 aromatic heterocycles. The largest absolute Gasteiger partial charge is 0.383 e. The molecular formula is C13H19BrN2O2. The Morgan fingerprint density at radius 2 is 2.28 bits per heavy atom. The van der Waals surface area contributed by atoms with E-state index in [0.717, 1.165) is 10.0 Å². The standard InChI is InChI=1S/C13H19BrN2O2/c1-10(11-4-3-5-12(14)8-11)16-9-13(17)15-6-7-18-2/h3-5,8,10,16H,6-7,9H2,1-2H3,(H,15,17)/t10-/m1/s1. The maximum atomic E-state index is 11.5. The van der Waals surface area contributed by atoms with Crippen LogP contribution in [-0.4, -0.2) is 32.7 Å². The third-order valence-corrected chi connectivity index (χ3v) is 3.04. The molecule has 18 heavy (non-hydrogen) atoms. The molecule has 0 bridgehead atoms.